The molecule has 2 aromatic heterocycles. The maximum atomic E-state index is 7.52. The van der Waals surface area contributed by atoms with Gasteiger partial charge in [-0.3, -0.25) is 0 Å². The van der Waals surface area contributed by atoms with Gasteiger partial charge in [-0.2, -0.15) is 0 Å². The molecule has 2 aliphatic rings. The molecule has 1 spiro atoms. The van der Waals surface area contributed by atoms with E-state index in [0.717, 1.165) is 93.8 Å². The Hall–Kier alpha value is -9.09. The van der Waals surface area contributed by atoms with Crippen molar-refractivity contribution in [3.8, 4) is 45.1 Å². The summed E-state index contributed by atoms with van der Waals surface area (Å²) in [4.78, 5) is 10.1. The van der Waals surface area contributed by atoms with Crippen LogP contribution in [0.2, 0.25) is 0 Å². The van der Waals surface area contributed by atoms with Crippen LogP contribution in [0.25, 0.3) is 44.7 Å². The predicted octanol–water partition coefficient (Wildman–Crippen LogP) is 21.8. The summed E-state index contributed by atoms with van der Waals surface area (Å²) >= 11 is 2.54. The van der Waals surface area contributed by atoms with Crippen LogP contribution in [-0.2, 0) is 46.4 Å². The van der Waals surface area contributed by atoms with E-state index in [1.807, 2.05) is 12.3 Å². The van der Waals surface area contributed by atoms with Crippen molar-refractivity contribution in [3.05, 3.63) is 297 Å². The quantitative estimate of drug-likeness (QED) is 0.142. The van der Waals surface area contributed by atoms with Crippen molar-refractivity contribution in [2.45, 2.75) is 110 Å². The molecule has 0 radical (unpaired) electrons. The Kier molecular flexibility index (Phi) is 14.2. The van der Waals surface area contributed by atoms with Crippen LogP contribution in [0.5, 0.6) is 11.5 Å². The molecule has 0 atom stereocenters. The molecular weight excluding hydrogens is 1280 g/mol. The van der Waals surface area contributed by atoms with Crippen LogP contribution in [-0.4, -0.2) is 14.1 Å². The molecule has 10 aromatic carbocycles. The molecule has 0 fully saturated rings. The second kappa shape index (κ2) is 21.8. The minimum absolute atomic E-state index is 0.110. The molecular formula is C83H75N5OPt-2. The van der Waals surface area contributed by atoms with Crippen LogP contribution >= 0.6 is 0 Å². The van der Waals surface area contributed by atoms with Gasteiger partial charge in [0.2, 0.25) is 0 Å². The zero-order valence-corrected chi connectivity index (χ0v) is 55.7. The Bertz CT molecular complexity index is 4710. The SMILES string of the molecule is CC(C)(C)c1ccnc(N2c3[c-]c(Oc4[c-]c(-n5[c](=[Pt])n(-c6c(-c7ccccc7)cc(C(C)(C)C)cc6-c6ccccc6)c6ccccc65)ccc4)c(C(C)(C)C)cc3C3(c4cc(C(C)(C)C)ccc42)c2ccccc2N(c2ccccc2)c2ccccc23)c1. The summed E-state index contributed by atoms with van der Waals surface area (Å²) in [5.41, 5.74) is 21.6. The third-order valence-corrected chi connectivity index (χ3v) is 19.2. The van der Waals surface area contributed by atoms with Crippen molar-refractivity contribution >= 4 is 45.3 Å². The number of anilines is 6. The van der Waals surface area contributed by atoms with Crippen molar-refractivity contribution in [3.63, 3.8) is 0 Å². The summed E-state index contributed by atoms with van der Waals surface area (Å²) in [6.45, 7) is 27.5. The van der Waals surface area contributed by atoms with Crippen LogP contribution in [0, 0.1) is 15.9 Å². The first-order valence-electron chi connectivity index (χ1n) is 31.4. The number of hydrogen-bond donors (Lipinski definition) is 0. The van der Waals surface area contributed by atoms with Gasteiger partial charge in [-0.15, -0.1) is 0 Å². The van der Waals surface area contributed by atoms with E-state index in [2.05, 4.69) is 358 Å². The van der Waals surface area contributed by atoms with Crippen LogP contribution in [0.1, 0.15) is 128 Å². The molecule has 0 saturated carbocycles. The van der Waals surface area contributed by atoms with Crippen LogP contribution in [0.3, 0.4) is 0 Å². The van der Waals surface area contributed by atoms with E-state index < -0.39 is 10.8 Å². The van der Waals surface area contributed by atoms with Gasteiger partial charge in [-0.25, -0.2) is 0 Å². The number of aromatic nitrogens is 3. The summed E-state index contributed by atoms with van der Waals surface area (Å²) in [6, 6.07) is 92.4. The van der Waals surface area contributed by atoms with Gasteiger partial charge in [0, 0.05) is 23.3 Å². The first-order chi connectivity index (χ1) is 43.1. The molecule has 0 amide bonds. The number of para-hydroxylation sites is 5. The van der Waals surface area contributed by atoms with E-state index in [1.54, 1.807) is 0 Å². The monoisotopic (exact) mass is 1350 g/mol. The van der Waals surface area contributed by atoms with Crippen molar-refractivity contribution < 1.29 is 24.1 Å². The fourth-order valence-corrected chi connectivity index (χ4v) is 14.7. The van der Waals surface area contributed by atoms with E-state index >= 15 is 0 Å². The molecule has 0 N–H and O–H groups in total. The van der Waals surface area contributed by atoms with Gasteiger partial charge < -0.3 is 4.90 Å². The average Bonchev–Trinajstić information content (AvgIpc) is 0.793. The minimum Gasteiger partial charge on any atom is -0.310 e. The Morgan fingerprint density at radius 3 is 1.52 bits per heavy atom. The maximum absolute atomic E-state index is 7.52. The topological polar surface area (TPSA) is 38.5 Å². The van der Waals surface area contributed by atoms with Crippen molar-refractivity contribution in [1.29, 1.82) is 0 Å². The van der Waals surface area contributed by atoms with Crippen LogP contribution in [0.15, 0.2) is 237 Å². The normalized spacial score (nSPS) is 13.7. The third kappa shape index (κ3) is 9.81. The first-order valence-corrected chi connectivity index (χ1v) is 32.5. The van der Waals surface area contributed by atoms with E-state index in [0.29, 0.717) is 11.5 Å². The standard InChI is InChI=1S/C83H75N5O.Pt/c1-79(2,3)57-43-44-72-67(49-57)83(65-37-22-24-39-70(65)87(60-33-20-15-21-34-60)71-40-25-23-38-66(71)83)68-52-69(82(10,11)12)76(53-75(68)88(72)77-50-58(45-46-84-77)80(4,5)6)89-62-36-28-35-61(51-62)85-54-86(74-42-27-26-41-73(74)85)78-63(55-29-16-13-17-30-55)47-59(81(7,8)9)48-64(78)56-31-18-14-19-32-56;/h13-50,52H,1-12H3;/q-2;. The summed E-state index contributed by atoms with van der Waals surface area (Å²) < 4.78 is 13.3. The predicted molar refractivity (Wildman–Crippen MR) is 368 cm³/mol. The third-order valence-electron chi connectivity index (χ3n) is 18.2. The summed E-state index contributed by atoms with van der Waals surface area (Å²) in [5, 5.41) is 0. The number of benzene rings is 10. The molecule has 6 nitrogen and oxygen atoms in total. The molecule has 4 heterocycles. The number of imidazole rings is 1. The molecule has 450 valence electrons. The van der Waals surface area contributed by atoms with Crippen molar-refractivity contribution in [2.75, 3.05) is 9.80 Å². The Morgan fingerprint density at radius 2 is 0.944 bits per heavy atom. The Labute approximate surface area is 542 Å². The number of rotatable bonds is 8. The second-order valence-corrected chi connectivity index (χ2v) is 29.3. The van der Waals surface area contributed by atoms with Gasteiger partial charge in [-0.1, -0.05) is 108 Å². The van der Waals surface area contributed by atoms with Gasteiger partial charge in [0.15, 0.2) is 0 Å². The smallest absolute Gasteiger partial charge is 0.310 e. The molecule has 0 aliphatic carbocycles. The summed E-state index contributed by atoms with van der Waals surface area (Å²) in [7, 11) is 0. The van der Waals surface area contributed by atoms with Gasteiger partial charge >= 0.3 is 357 Å². The molecule has 90 heavy (non-hydrogen) atoms. The molecule has 0 saturated heterocycles. The van der Waals surface area contributed by atoms with E-state index in [9.17, 15) is 0 Å². The number of ether oxygens (including phenoxy) is 1. The number of pyridine rings is 1. The van der Waals surface area contributed by atoms with E-state index in [1.165, 1.54) is 33.4 Å². The number of nitrogens with zero attached hydrogens (tertiary/aromatic N) is 5. The number of fused-ring (bicyclic) bond motifs is 9. The Balaban J connectivity index is 1.02. The van der Waals surface area contributed by atoms with Gasteiger partial charge in [-0.05, 0) is 52.3 Å². The fourth-order valence-electron chi connectivity index (χ4n) is 13.6. The summed E-state index contributed by atoms with van der Waals surface area (Å²) in [6.07, 6.45) is 1.97. The summed E-state index contributed by atoms with van der Waals surface area (Å²) in [5.74, 6) is 2.01. The van der Waals surface area contributed by atoms with Gasteiger partial charge in [0.25, 0.3) is 0 Å². The van der Waals surface area contributed by atoms with E-state index in [-0.39, 0.29) is 16.2 Å². The molecule has 7 heteroatoms. The second-order valence-electron chi connectivity index (χ2n) is 28.3. The van der Waals surface area contributed by atoms with Crippen molar-refractivity contribution in [1.82, 2.24) is 14.1 Å². The zero-order valence-electron chi connectivity index (χ0n) is 53.5. The molecule has 0 unspecified atom stereocenters. The molecule has 2 aliphatic heterocycles. The molecule has 12 aromatic rings. The zero-order chi connectivity index (χ0) is 62.6. The van der Waals surface area contributed by atoms with Gasteiger partial charge in [0.05, 0.1) is 0 Å². The fraction of sp³-hybridized carbons (Fsp3) is 0.205. The van der Waals surface area contributed by atoms with Crippen molar-refractivity contribution in [2.24, 2.45) is 0 Å². The molecule has 0 bridgehead atoms. The van der Waals surface area contributed by atoms with E-state index in [4.69, 9.17) is 9.72 Å². The number of hydrogen-bond acceptors (Lipinski definition) is 4. The van der Waals surface area contributed by atoms with Crippen LogP contribution in [0.4, 0.5) is 34.3 Å². The van der Waals surface area contributed by atoms with Crippen LogP contribution < -0.4 is 14.5 Å². The average molecular weight is 1350 g/mol. The first kappa shape index (κ1) is 58.6. The molecule has 14 rings (SSSR count). The minimum atomic E-state index is -0.848. The Morgan fingerprint density at radius 1 is 0.422 bits per heavy atom. The van der Waals surface area contributed by atoms with Gasteiger partial charge in [0.1, 0.15) is 0 Å².